The maximum atomic E-state index is 6.97. The number of hydrogen-bond donors (Lipinski definition) is 2. The first kappa shape index (κ1) is 11.9. The second-order valence-electron chi connectivity index (χ2n) is 2.05. The van der Waals surface area contributed by atoms with Crippen molar-refractivity contribution in [2.75, 3.05) is 12.8 Å². The van der Waals surface area contributed by atoms with Gasteiger partial charge in [0.15, 0.2) is 0 Å². The molecule has 0 spiro atoms. The smallest absolute Gasteiger partial charge is 0.311 e. The molecule has 0 rings (SSSR count). The summed E-state index contributed by atoms with van der Waals surface area (Å²) < 4.78 is 9.17. The van der Waals surface area contributed by atoms with E-state index < -0.39 is 6.92 Å². The average molecular weight is 208 g/mol. The van der Waals surface area contributed by atoms with E-state index in [0.29, 0.717) is 0 Å². The molecule has 0 aliphatic rings. The van der Waals surface area contributed by atoms with Gasteiger partial charge in [-0.1, -0.05) is 6.92 Å². The minimum atomic E-state index is -0.640. The Morgan fingerprint density at radius 3 is 2.75 bits per heavy atom. The van der Waals surface area contributed by atoms with Crippen molar-refractivity contribution in [3.63, 3.8) is 0 Å². The fourth-order valence-electron chi connectivity index (χ4n) is 0.442. The Balaban J connectivity index is 3.75. The van der Waals surface area contributed by atoms with Crippen LogP contribution in [0.15, 0.2) is 4.74 Å². The van der Waals surface area contributed by atoms with Crippen LogP contribution < -0.4 is 5.73 Å². The molecule has 70 valence electrons. The summed E-state index contributed by atoms with van der Waals surface area (Å²) in [4.78, 5) is 0. The second kappa shape index (κ2) is 7.53. The van der Waals surface area contributed by atoms with Gasteiger partial charge < -0.3 is 5.73 Å². The van der Waals surface area contributed by atoms with E-state index in [0.717, 1.165) is 19.2 Å². The van der Waals surface area contributed by atoms with Crippen molar-refractivity contribution in [3.8, 4) is 0 Å². The van der Waals surface area contributed by atoms with E-state index in [1.165, 1.54) is 11.7 Å². The van der Waals surface area contributed by atoms with Gasteiger partial charge in [0.2, 0.25) is 0 Å². The predicted octanol–water partition coefficient (Wildman–Crippen LogP) is 2.56. The zero-order valence-corrected chi connectivity index (χ0v) is 9.12. The van der Waals surface area contributed by atoms with E-state index in [4.69, 9.17) is 15.3 Å². The van der Waals surface area contributed by atoms with Crippen LogP contribution in [0.3, 0.4) is 0 Å². The van der Waals surface area contributed by atoms with Crippen LogP contribution in [0.2, 0.25) is 0 Å². The van der Waals surface area contributed by atoms with Crippen molar-refractivity contribution < 1.29 is 4.18 Å². The molecule has 12 heavy (non-hydrogen) atoms. The molecule has 4 nitrogen and oxygen atoms in total. The lowest BCUT2D eigenvalue weighted by atomic mass is 10.5. The Hall–Kier alpha value is -0.120. The summed E-state index contributed by atoms with van der Waals surface area (Å²) in [5, 5.41) is 6.97. The summed E-state index contributed by atoms with van der Waals surface area (Å²) in [6.07, 6.45) is 1.89. The first-order valence-corrected chi connectivity index (χ1v) is 6.66. The van der Waals surface area contributed by atoms with Crippen LogP contribution in [0.4, 0.5) is 0 Å². The SMILES string of the molecule is CCCOS[P+](CC)=NC(=N)N. The van der Waals surface area contributed by atoms with E-state index in [1.807, 2.05) is 6.92 Å². The summed E-state index contributed by atoms with van der Waals surface area (Å²) in [5.74, 6) is -0.101. The van der Waals surface area contributed by atoms with E-state index in [2.05, 4.69) is 11.7 Å². The molecule has 1 atom stereocenters. The van der Waals surface area contributed by atoms with E-state index >= 15 is 0 Å². The molecule has 0 aromatic rings. The highest BCUT2D eigenvalue weighted by molar-refractivity contribution is 8.49. The zero-order valence-electron chi connectivity index (χ0n) is 7.41. The van der Waals surface area contributed by atoms with Crippen LogP contribution in [0, 0.1) is 5.41 Å². The van der Waals surface area contributed by atoms with Gasteiger partial charge in [-0.25, -0.2) is 0 Å². The Morgan fingerprint density at radius 2 is 2.33 bits per heavy atom. The highest BCUT2D eigenvalue weighted by Crippen LogP contribution is 2.41. The first-order valence-electron chi connectivity index (χ1n) is 3.83. The monoisotopic (exact) mass is 208 g/mol. The van der Waals surface area contributed by atoms with Gasteiger partial charge in [-0.15, -0.1) is 0 Å². The standard InChI is InChI=1S/C6H15N3OPS/c1-3-5-10-12-11(4-2)9-6(7)8/h3-5H2,1-2H3,(H3,7,8)/q+1. The van der Waals surface area contributed by atoms with Gasteiger partial charge in [0.25, 0.3) is 17.6 Å². The molecule has 0 fully saturated rings. The molecule has 0 aromatic heterocycles. The Labute approximate surface area is 78.2 Å². The summed E-state index contributed by atoms with van der Waals surface area (Å²) in [6, 6.07) is 0. The van der Waals surface area contributed by atoms with Gasteiger partial charge in [0.1, 0.15) is 6.16 Å². The molecule has 6 heteroatoms. The van der Waals surface area contributed by atoms with Crippen molar-refractivity contribution in [1.29, 1.82) is 5.41 Å². The van der Waals surface area contributed by atoms with Gasteiger partial charge in [-0.2, -0.15) is 0 Å². The average Bonchev–Trinajstić information content (AvgIpc) is 2.02. The molecule has 0 bridgehead atoms. The molecular weight excluding hydrogens is 193 g/mol. The number of nitrogens with one attached hydrogen (secondary N) is 1. The summed E-state index contributed by atoms with van der Waals surface area (Å²) in [6.45, 7) is 4.16. The first-order chi connectivity index (χ1) is 5.70. The predicted molar refractivity (Wildman–Crippen MR) is 55.6 cm³/mol. The van der Waals surface area contributed by atoms with Crippen molar-refractivity contribution in [2.45, 2.75) is 20.3 Å². The van der Waals surface area contributed by atoms with Gasteiger partial charge in [0, 0.05) is 0 Å². The van der Waals surface area contributed by atoms with E-state index in [9.17, 15) is 0 Å². The van der Waals surface area contributed by atoms with E-state index in [1.54, 1.807) is 0 Å². The van der Waals surface area contributed by atoms with Crippen LogP contribution in [0.1, 0.15) is 20.3 Å². The van der Waals surface area contributed by atoms with Crippen LogP contribution in [0.5, 0.6) is 0 Å². The van der Waals surface area contributed by atoms with Crippen molar-refractivity contribution >= 4 is 24.5 Å². The molecular formula is C6H15N3OPS+. The minimum Gasteiger partial charge on any atom is -0.365 e. The summed E-state index contributed by atoms with van der Waals surface area (Å²) >= 11 is 1.35. The third-order valence-corrected chi connectivity index (χ3v) is 4.19. The van der Waals surface area contributed by atoms with Gasteiger partial charge in [-0.05, 0) is 18.1 Å². The lowest BCUT2D eigenvalue weighted by Gasteiger charge is -1.90. The molecule has 0 aromatic carbocycles. The summed E-state index contributed by atoms with van der Waals surface area (Å²) in [7, 11) is 0. The fraction of sp³-hybridized carbons (Fsp3) is 0.833. The van der Waals surface area contributed by atoms with Crippen molar-refractivity contribution in [3.05, 3.63) is 0 Å². The molecule has 1 unspecified atom stereocenters. The topological polar surface area (TPSA) is 71.5 Å². The van der Waals surface area contributed by atoms with Crippen LogP contribution in [-0.2, 0) is 4.18 Å². The van der Waals surface area contributed by atoms with Gasteiger partial charge >= 0.3 is 6.92 Å². The number of nitrogens with zero attached hydrogens (tertiary/aromatic N) is 1. The molecule has 0 saturated carbocycles. The minimum absolute atomic E-state index is 0.101. The maximum absolute atomic E-state index is 6.97. The largest absolute Gasteiger partial charge is 0.365 e. The fourth-order valence-corrected chi connectivity index (χ4v) is 2.59. The lowest BCUT2D eigenvalue weighted by molar-refractivity contribution is 0.379. The Bertz CT molecular complexity index is 174. The zero-order chi connectivity index (χ0) is 9.40. The molecule has 0 aliphatic carbocycles. The van der Waals surface area contributed by atoms with Crippen LogP contribution >= 0.6 is 18.6 Å². The van der Waals surface area contributed by atoms with Gasteiger partial charge in [-0.3, -0.25) is 9.59 Å². The molecule has 0 saturated heterocycles. The second-order valence-corrected chi connectivity index (χ2v) is 5.68. The highest BCUT2D eigenvalue weighted by atomic mass is 32.7. The summed E-state index contributed by atoms with van der Waals surface area (Å²) in [5.41, 5.74) is 5.14. The Kier molecular flexibility index (Phi) is 7.45. The number of guanidine groups is 1. The van der Waals surface area contributed by atoms with E-state index in [-0.39, 0.29) is 5.96 Å². The maximum Gasteiger partial charge on any atom is 0.311 e. The molecule has 0 radical (unpaired) electrons. The quantitative estimate of drug-likeness (QED) is 0.240. The third kappa shape index (κ3) is 6.58. The highest BCUT2D eigenvalue weighted by Gasteiger charge is 2.13. The molecule has 0 amide bonds. The van der Waals surface area contributed by atoms with Crippen LogP contribution in [-0.4, -0.2) is 18.7 Å². The normalized spacial score (nSPS) is 11.7. The number of rotatable bonds is 5. The molecule has 3 N–H and O–H groups in total. The number of hydrogen-bond acceptors (Lipinski definition) is 3. The molecule has 0 heterocycles. The van der Waals surface area contributed by atoms with Gasteiger partial charge in [0.05, 0.1) is 6.61 Å². The van der Waals surface area contributed by atoms with Crippen molar-refractivity contribution in [2.24, 2.45) is 10.5 Å². The van der Waals surface area contributed by atoms with Crippen LogP contribution in [0.25, 0.3) is 0 Å². The third-order valence-electron chi connectivity index (χ3n) is 0.916. The van der Waals surface area contributed by atoms with Crippen molar-refractivity contribution in [1.82, 2.24) is 0 Å². The molecule has 0 aliphatic heterocycles. The lowest BCUT2D eigenvalue weighted by Crippen LogP contribution is -2.03. The Morgan fingerprint density at radius 1 is 1.67 bits per heavy atom. The number of nitrogens with two attached hydrogens (primary N) is 1.